The quantitative estimate of drug-likeness (QED) is 0.775. The molecule has 0 aliphatic heterocycles. The second-order valence-corrected chi connectivity index (χ2v) is 7.01. The van der Waals surface area contributed by atoms with Gasteiger partial charge >= 0.3 is 0 Å². The van der Waals surface area contributed by atoms with Crippen LogP contribution >= 0.6 is 0 Å². The first-order chi connectivity index (χ1) is 12.4. The van der Waals surface area contributed by atoms with Crippen LogP contribution in [0.15, 0.2) is 41.6 Å². The van der Waals surface area contributed by atoms with Gasteiger partial charge < -0.3 is 10.2 Å². The number of rotatable bonds is 7. The van der Waals surface area contributed by atoms with Crippen LogP contribution in [0.3, 0.4) is 0 Å². The third-order valence-corrected chi connectivity index (χ3v) is 4.86. The van der Waals surface area contributed by atoms with Crippen LogP contribution < -0.4 is 10.2 Å². The topological polar surface area (TPSA) is 58.3 Å². The third-order valence-electron chi connectivity index (χ3n) is 4.86. The number of anilines is 1. The summed E-state index contributed by atoms with van der Waals surface area (Å²) in [6.45, 7) is 12.9. The fourth-order valence-corrected chi connectivity index (χ4v) is 2.93. The first-order valence-electron chi connectivity index (χ1n) is 9.10. The molecule has 0 bridgehead atoms. The molecule has 1 aliphatic carbocycles. The lowest BCUT2D eigenvalue weighted by Gasteiger charge is -2.23. The van der Waals surface area contributed by atoms with Gasteiger partial charge in [-0.15, -0.1) is 15.3 Å². The average Bonchev–Trinajstić information content (AvgIpc) is 3.38. The van der Waals surface area contributed by atoms with E-state index in [0.717, 1.165) is 35.1 Å². The van der Waals surface area contributed by atoms with E-state index in [-0.39, 0.29) is 0 Å². The van der Waals surface area contributed by atoms with Gasteiger partial charge in [-0.05, 0) is 69.4 Å². The zero-order chi connectivity index (χ0) is 18.8. The Hall–Kier alpha value is -2.63. The summed E-state index contributed by atoms with van der Waals surface area (Å²) >= 11 is 0. The minimum absolute atomic E-state index is 0.587. The maximum atomic E-state index is 4.72. The lowest BCUT2D eigenvalue weighted by atomic mass is 10.0. The Balaban J connectivity index is 1.94. The molecule has 6 nitrogen and oxygen atoms in total. The minimum atomic E-state index is 0.587. The molecule has 3 rings (SSSR count). The van der Waals surface area contributed by atoms with Crippen LogP contribution in [0, 0.1) is 13.8 Å². The molecule has 2 aromatic heterocycles. The van der Waals surface area contributed by atoms with Crippen molar-refractivity contribution in [3.63, 3.8) is 0 Å². The van der Waals surface area contributed by atoms with E-state index in [2.05, 4.69) is 60.0 Å². The number of fused-ring (bicyclic) bond motifs is 1. The highest BCUT2D eigenvalue weighted by Crippen LogP contribution is 2.25. The highest BCUT2D eigenvalue weighted by atomic mass is 15.4. The molecule has 2 heterocycles. The summed E-state index contributed by atoms with van der Waals surface area (Å²) < 4.78 is 1.81. The molecule has 0 saturated heterocycles. The molecule has 0 aromatic carbocycles. The largest absolute Gasteiger partial charge is 0.382 e. The standard InChI is InChI=1S/C20H28N6/c1-7-13(3)17(18(8-2)21-16-9-10-16)12-25(6)19-11-14(4)20-23-22-15(5)26(20)24-19/h7-8,11,16,21H,2,9-10,12H2,1,3-6H3/b13-7?,18-17-. The summed E-state index contributed by atoms with van der Waals surface area (Å²) in [4.78, 5) is 2.16. The maximum Gasteiger partial charge on any atom is 0.180 e. The molecular weight excluding hydrogens is 324 g/mol. The van der Waals surface area contributed by atoms with Crippen molar-refractivity contribution in [1.82, 2.24) is 25.1 Å². The highest BCUT2D eigenvalue weighted by Gasteiger charge is 2.23. The van der Waals surface area contributed by atoms with Crippen molar-refractivity contribution >= 4 is 11.5 Å². The van der Waals surface area contributed by atoms with Crippen molar-refractivity contribution in [3.8, 4) is 0 Å². The van der Waals surface area contributed by atoms with Crippen LogP contribution in [0.4, 0.5) is 5.82 Å². The monoisotopic (exact) mass is 352 g/mol. The molecule has 0 radical (unpaired) electrons. The zero-order valence-electron chi connectivity index (χ0n) is 16.4. The Morgan fingerprint density at radius 2 is 2.12 bits per heavy atom. The lowest BCUT2D eigenvalue weighted by Crippen LogP contribution is -2.26. The molecule has 1 saturated carbocycles. The first kappa shape index (κ1) is 18.2. The Morgan fingerprint density at radius 1 is 1.38 bits per heavy atom. The van der Waals surface area contributed by atoms with Gasteiger partial charge in [0.15, 0.2) is 11.5 Å². The molecule has 1 fully saturated rings. The van der Waals surface area contributed by atoms with Gasteiger partial charge in [-0.25, -0.2) is 0 Å². The lowest BCUT2D eigenvalue weighted by molar-refractivity contribution is 0.796. The predicted molar refractivity (Wildman–Crippen MR) is 106 cm³/mol. The Labute approximate surface area is 155 Å². The van der Waals surface area contributed by atoms with Gasteiger partial charge in [-0.3, -0.25) is 0 Å². The van der Waals surface area contributed by atoms with Crippen LogP contribution in [-0.4, -0.2) is 39.4 Å². The molecule has 26 heavy (non-hydrogen) atoms. The number of nitrogens with one attached hydrogen (secondary N) is 1. The molecule has 1 aliphatic rings. The van der Waals surface area contributed by atoms with Gasteiger partial charge in [-0.2, -0.15) is 4.52 Å². The Kier molecular flexibility index (Phi) is 5.11. The third kappa shape index (κ3) is 3.64. The Bertz CT molecular complexity index is 885. The fraction of sp³-hybridized carbons (Fsp3) is 0.450. The average molecular weight is 352 g/mol. The number of nitrogens with zero attached hydrogens (tertiary/aromatic N) is 5. The molecule has 6 heteroatoms. The van der Waals surface area contributed by atoms with E-state index < -0.39 is 0 Å². The molecule has 2 aromatic rings. The number of aromatic nitrogens is 4. The molecule has 0 spiro atoms. The van der Waals surface area contributed by atoms with Gasteiger partial charge in [-0.1, -0.05) is 12.7 Å². The van der Waals surface area contributed by atoms with E-state index in [4.69, 9.17) is 5.10 Å². The minimum Gasteiger partial charge on any atom is -0.382 e. The smallest absolute Gasteiger partial charge is 0.180 e. The molecule has 0 unspecified atom stereocenters. The summed E-state index contributed by atoms with van der Waals surface area (Å²) in [5.41, 5.74) is 5.49. The summed E-state index contributed by atoms with van der Waals surface area (Å²) in [5, 5.41) is 16.7. The molecule has 138 valence electrons. The summed E-state index contributed by atoms with van der Waals surface area (Å²) in [5.74, 6) is 1.69. The van der Waals surface area contributed by atoms with Gasteiger partial charge in [0.25, 0.3) is 0 Å². The van der Waals surface area contributed by atoms with Gasteiger partial charge in [0.05, 0.1) is 0 Å². The maximum absolute atomic E-state index is 4.72. The number of hydrogen-bond donors (Lipinski definition) is 1. The van der Waals surface area contributed by atoms with Crippen LogP contribution in [-0.2, 0) is 0 Å². The van der Waals surface area contributed by atoms with Crippen molar-refractivity contribution in [2.24, 2.45) is 0 Å². The van der Waals surface area contributed by atoms with Crippen LogP contribution in [0.2, 0.25) is 0 Å². The van der Waals surface area contributed by atoms with Gasteiger partial charge in [0.1, 0.15) is 5.82 Å². The van der Waals surface area contributed by atoms with Crippen LogP contribution in [0.25, 0.3) is 5.65 Å². The number of hydrogen-bond acceptors (Lipinski definition) is 5. The fourth-order valence-electron chi connectivity index (χ4n) is 2.93. The molecular formula is C20H28N6. The van der Waals surface area contributed by atoms with E-state index in [1.807, 2.05) is 24.4 Å². The van der Waals surface area contributed by atoms with Crippen molar-refractivity contribution in [3.05, 3.63) is 53.0 Å². The van der Waals surface area contributed by atoms with Crippen molar-refractivity contribution in [1.29, 1.82) is 0 Å². The van der Waals surface area contributed by atoms with E-state index >= 15 is 0 Å². The SMILES string of the molecule is C=C/C(NC1CC1)=C(\CN(C)c1cc(C)c2nnc(C)n2n1)C(C)=CC. The number of allylic oxidation sites excluding steroid dienone is 2. The van der Waals surface area contributed by atoms with E-state index in [9.17, 15) is 0 Å². The summed E-state index contributed by atoms with van der Waals surface area (Å²) in [6.07, 6.45) is 6.55. The second-order valence-electron chi connectivity index (χ2n) is 7.01. The molecule has 0 amide bonds. The van der Waals surface area contributed by atoms with Crippen molar-refractivity contribution < 1.29 is 0 Å². The molecule has 1 N–H and O–H groups in total. The van der Waals surface area contributed by atoms with Gasteiger partial charge in [0.2, 0.25) is 0 Å². The summed E-state index contributed by atoms with van der Waals surface area (Å²) in [7, 11) is 2.06. The van der Waals surface area contributed by atoms with E-state index in [1.54, 1.807) is 0 Å². The number of aryl methyl sites for hydroxylation is 2. The molecule has 0 atom stereocenters. The zero-order valence-corrected chi connectivity index (χ0v) is 16.4. The van der Waals surface area contributed by atoms with E-state index in [0.29, 0.717) is 6.04 Å². The van der Waals surface area contributed by atoms with Crippen LogP contribution in [0.5, 0.6) is 0 Å². The highest BCUT2D eigenvalue weighted by molar-refractivity contribution is 5.54. The van der Waals surface area contributed by atoms with Crippen molar-refractivity contribution in [2.45, 2.75) is 46.6 Å². The van der Waals surface area contributed by atoms with E-state index in [1.165, 1.54) is 24.0 Å². The summed E-state index contributed by atoms with van der Waals surface area (Å²) in [6, 6.07) is 2.65. The Morgan fingerprint density at radius 3 is 2.73 bits per heavy atom. The van der Waals surface area contributed by atoms with Crippen LogP contribution in [0.1, 0.15) is 38.1 Å². The normalized spacial score (nSPS) is 15.8. The van der Waals surface area contributed by atoms with Gasteiger partial charge in [0, 0.05) is 25.3 Å². The second kappa shape index (κ2) is 7.32. The predicted octanol–water partition coefficient (Wildman–Crippen LogP) is 3.34. The number of likely N-dealkylation sites (N-methyl/N-ethyl adjacent to an activating group) is 1. The van der Waals surface area contributed by atoms with Crippen molar-refractivity contribution in [2.75, 3.05) is 18.5 Å². The first-order valence-corrected chi connectivity index (χ1v) is 9.10.